The van der Waals surface area contributed by atoms with Gasteiger partial charge in [-0.1, -0.05) is 37.5 Å². The van der Waals surface area contributed by atoms with Crippen LogP contribution in [0.2, 0.25) is 0 Å². The molecule has 0 radical (unpaired) electrons. The van der Waals surface area contributed by atoms with Crippen LogP contribution in [0.4, 0.5) is 0 Å². The van der Waals surface area contributed by atoms with Crippen LogP contribution >= 0.6 is 24.0 Å². The summed E-state index contributed by atoms with van der Waals surface area (Å²) in [6.45, 7) is 2.93. The molecular formula is C23H37IN4O2. The third-order valence-electron chi connectivity index (χ3n) is 5.92. The van der Waals surface area contributed by atoms with Crippen LogP contribution in [-0.4, -0.2) is 68.0 Å². The number of nitrogens with zero attached hydrogens (tertiary/aromatic N) is 3. The molecule has 2 aliphatic rings. The van der Waals surface area contributed by atoms with Crippen LogP contribution in [-0.2, 0) is 4.79 Å². The number of piperidine rings is 1. The predicted octanol–water partition coefficient (Wildman–Crippen LogP) is 3.76. The first kappa shape index (κ1) is 24.8. The molecule has 30 heavy (non-hydrogen) atoms. The van der Waals surface area contributed by atoms with Gasteiger partial charge in [-0.25, -0.2) is 4.99 Å². The third-order valence-corrected chi connectivity index (χ3v) is 5.92. The maximum atomic E-state index is 12.0. The van der Waals surface area contributed by atoms with Crippen LogP contribution in [0.15, 0.2) is 35.3 Å². The second-order valence-electron chi connectivity index (χ2n) is 8.43. The molecule has 2 fully saturated rings. The summed E-state index contributed by atoms with van der Waals surface area (Å²) in [6, 6.07) is 10.0. The van der Waals surface area contributed by atoms with Crippen LogP contribution in [0.3, 0.4) is 0 Å². The van der Waals surface area contributed by atoms with Crippen molar-refractivity contribution in [2.75, 3.05) is 40.3 Å². The molecule has 0 spiro atoms. The number of rotatable bonds is 6. The zero-order chi connectivity index (χ0) is 20.5. The first-order valence-electron chi connectivity index (χ1n) is 11.1. The summed E-state index contributed by atoms with van der Waals surface area (Å²) < 4.78 is 6.12. The lowest BCUT2D eigenvalue weighted by Gasteiger charge is -2.35. The van der Waals surface area contributed by atoms with Crippen molar-refractivity contribution in [3.05, 3.63) is 30.3 Å². The van der Waals surface area contributed by atoms with Crippen LogP contribution in [0.25, 0.3) is 0 Å². The molecule has 168 valence electrons. The minimum Gasteiger partial charge on any atom is -0.490 e. The Morgan fingerprint density at radius 1 is 1.10 bits per heavy atom. The summed E-state index contributed by atoms with van der Waals surface area (Å²) in [7, 11) is 3.55. The first-order valence-corrected chi connectivity index (χ1v) is 11.1. The van der Waals surface area contributed by atoms with Crippen LogP contribution in [0.1, 0.15) is 44.9 Å². The summed E-state index contributed by atoms with van der Waals surface area (Å²) >= 11 is 0. The Bertz CT molecular complexity index is 654. The number of carbonyl (C=O) groups excluding carboxylic acids is 1. The number of para-hydroxylation sites is 1. The van der Waals surface area contributed by atoms with Gasteiger partial charge in [-0.3, -0.25) is 4.79 Å². The minimum absolute atomic E-state index is 0. The number of ether oxygens (including phenoxy) is 1. The molecule has 1 saturated heterocycles. The molecule has 0 unspecified atom stereocenters. The summed E-state index contributed by atoms with van der Waals surface area (Å²) in [5.74, 6) is 2.57. The maximum Gasteiger partial charge on any atom is 0.243 e. The highest BCUT2D eigenvalue weighted by Gasteiger charge is 2.24. The third kappa shape index (κ3) is 7.96. The highest BCUT2D eigenvalue weighted by atomic mass is 127. The maximum absolute atomic E-state index is 12.0. The van der Waals surface area contributed by atoms with Crippen LogP contribution < -0.4 is 10.1 Å². The molecule has 6 nitrogen and oxygen atoms in total. The number of likely N-dealkylation sites (N-methyl/N-ethyl adjacent to an activating group) is 1. The van der Waals surface area contributed by atoms with E-state index in [0.717, 1.165) is 50.1 Å². The summed E-state index contributed by atoms with van der Waals surface area (Å²) in [6.07, 6.45) is 8.77. The van der Waals surface area contributed by atoms with Gasteiger partial charge in [-0.2, -0.15) is 0 Å². The van der Waals surface area contributed by atoms with E-state index in [4.69, 9.17) is 4.74 Å². The fourth-order valence-corrected chi connectivity index (χ4v) is 4.06. The molecule has 1 aromatic rings. The Balaban J connectivity index is 0.00000320. The van der Waals surface area contributed by atoms with E-state index in [2.05, 4.69) is 15.2 Å². The average Bonchev–Trinajstić information content (AvgIpc) is 2.76. The predicted molar refractivity (Wildman–Crippen MR) is 133 cm³/mol. The number of hydrogen-bond donors (Lipinski definition) is 1. The van der Waals surface area contributed by atoms with Crippen molar-refractivity contribution in [2.24, 2.45) is 10.9 Å². The topological polar surface area (TPSA) is 57.2 Å². The van der Waals surface area contributed by atoms with E-state index >= 15 is 0 Å². The largest absolute Gasteiger partial charge is 0.490 e. The Morgan fingerprint density at radius 2 is 1.77 bits per heavy atom. The number of halogens is 1. The summed E-state index contributed by atoms with van der Waals surface area (Å²) in [5, 5.41) is 3.58. The standard InChI is InChI=1S/C23H36N4O2.HI/c1-26(2)22(28)18-25-23(24-17-19-9-5-3-6-10-19)27-15-13-21(14-16-27)29-20-11-7-4-8-12-20;/h4,7-8,11-12,19,21H,3,5-6,9-10,13-18H2,1-2H3,(H,24,25);1H. The second kappa shape index (κ2) is 13.0. The number of nitrogens with one attached hydrogen (secondary N) is 1. The molecule has 1 heterocycles. The van der Waals surface area contributed by atoms with E-state index in [9.17, 15) is 4.79 Å². The van der Waals surface area contributed by atoms with Gasteiger partial charge >= 0.3 is 0 Å². The smallest absolute Gasteiger partial charge is 0.243 e. The highest BCUT2D eigenvalue weighted by molar-refractivity contribution is 14.0. The molecule has 1 aliphatic heterocycles. The Kier molecular flexibility index (Phi) is 10.7. The molecule has 1 N–H and O–H groups in total. The van der Waals surface area contributed by atoms with Gasteiger partial charge in [0, 0.05) is 46.6 Å². The van der Waals surface area contributed by atoms with Gasteiger partial charge in [0.15, 0.2) is 5.96 Å². The average molecular weight is 528 g/mol. The zero-order valence-electron chi connectivity index (χ0n) is 18.4. The van der Waals surface area contributed by atoms with E-state index in [0.29, 0.717) is 0 Å². The number of benzene rings is 1. The fraction of sp³-hybridized carbons (Fsp3) is 0.652. The molecular weight excluding hydrogens is 491 g/mol. The lowest BCUT2D eigenvalue weighted by Crippen LogP contribution is -2.49. The Labute approximate surface area is 198 Å². The summed E-state index contributed by atoms with van der Waals surface area (Å²) in [4.78, 5) is 20.6. The van der Waals surface area contributed by atoms with Crippen molar-refractivity contribution in [3.63, 3.8) is 0 Å². The molecule has 3 rings (SSSR count). The molecule has 0 aromatic heterocycles. The molecule has 1 aliphatic carbocycles. The van der Waals surface area contributed by atoms with Gasteiger partial charge in [0.1, 0.15) is 18.4 Å². The van der Waals surface area contributed by atoms with Crippen molar-refractivity contribution in [2.45, 2.75) is 51.0 Å². The molecule has 1 amide bonds. The van der Waals surface area contributed by atoms with Gasteiger partial charge in [0.2, 0.25) is 5.91 Å². The molecule has 0 atom stereocenters. The van der Waals surface area contributed by atoms with E-state index in [-0.39, 0.29) is 42.5 Å². The molecule has 7 heteroatoms. The number of amides is 1. The van der Waals surface area contributed by atoms with E-state index in [1.165, 1.54) is 32.1 Å². The molecule has 0 bridgehead atoms. The van der Waals surface area contributed by atoms with Crippen molar-refractivity contribution in [3.8, 4) is 5.75 Å². The first-order chi connectivity index (χ1) is 14.1. The van der Waals surface area contributed by atoms with E-state index in [1.54, 1.807) is 19.0 Å². The van der Waals surface area contributed by atoms with Gasteiger partial charge in [-0.15, -0.1) is 24.0 Å². The van der Waals surface area contributed by atoms with Gasteiger partial charge in [0.05, 0.1) is 0 Å². The molecule has 1 saturated carbocycles. The highest BCUT2D eigenvalue weighted by Crippen LogP contribution is 2.23. The van der Waals surface area contributed by atoms with E-state index < -0.39 is 0 Å². The quantitative estimate of drug-likeness (QED) is 0.347. The number of likely N-dealkylation sites (tertiary alicyclic amines) is 1. The SMILES string of the molecule is CN(C)C(=O)CN=C(NCC1CCCCC1)N1CCC(Oc2ccccc2)CC1.I. The Hall–Kier alpha value is -1.51. The monoisotopic (exact) mass is 528 g/mol. The van der Waals surface area contributed by atoms with Gasteiger partial charge in [0.25, 0.3) is 0 Å². The summed E-state index contributed by atoms with van der Waals surface area (Å²) in [5.41, 5.74) is 0. The second-order valence-corrected chi connectivity index (χ2v) is 8.43. The molecule has 1 aromatic carbocycles. The Morgan fingerprint density at radius 3 is 2.40 bits per heavy atom. The minimum atomic E-state index is 0. The van der Waals surface area contributed by atoms with Gasteiger partial charge in [-0.05, 0) is 30.9 Å². The van der Waals surface area contributed by atoms with Crippen LogP contribution in [0, 0.1) is 5.92 Å². The van der Waals surface area contributed by atoms with E-state index in [1.807, 2.05) is 30.3 Å². The van der Waals surface area contributed by atoms with Crippen LogP contribution in [0.5, 0.6) is 5.75 Å². The normalized spacial score (nSPS) is 18.5. The number of aliphatic imine (C=N–C) groups is 1. The lowest BCUT2D eigenvalue weighted by atomic mass is 9.89. The number of carbonyl (C=O) groups is 1. The van der Waals surface area contributed by atoms with Crippen molar-refractivity contribution in [1.29, 1.82) is 0 Å². The van der Waals surface area contributed by atoms with Crippen molar-refractivity contribution < 1.29 is 9.53 Å². The number of guanidine groups is 1. The van der Waals surface area contributed by atoms with Crippen molar-refractivity contribution >= 4 is 35.8 Å². The number of hydrogen-bond acceptors (Lipinski definition) is 3. The van der Waals surface area contributed by atoms with Crippen molar-refractivity contribution in [1.82, 2.24) is 15.1 Å². The fourth-order valence-electron chi connectivity index (χ4n) is 4.06. The van der Waals surface area contributed by atoms with Gasteiger partial charge < -0.3 is 19.9 Å². The lowest BCUT2D eigenvalue weighted by molar-refractivity contribution is -0.127. The zero-order valence-corrected chi connectivity index (χ0v) is 20.7.